The largest absolute Gasteiger partial charge is 0.480 e. The molecule has 2 aromatic rings. The van der Waals surface area contributed by atoms with Crippen LogP contribution in [0.25, 0.3) is 0 Å². The number of carboxylic acid groups (broad SMARTS) is 1. The lowest BCUT2D eigenvalue weighted by atomic mass is 10.1. The Morgan fingerprint density at radius 2 is 2.00 bits per heavy atom. The fourth-order valence-electron chi connectivity index (χ4n) is 1.85. The molecule has 0 aliphatic heterocycles. The summed E-state index contributed by atoms with van der Waals surface area (Å²) in [4.78, 5) is 24.0. The van der Waals surface area contributed by atoms with Crippen LogP contribution in [0, 0.1) is 6.92 Å². The van der Waals surface area contributed by atoms with Crippen LogP contribution < -0.4 is 5.32 Å². The van der Waals surface area contributed by atoms with Crippen molar-refractivity contribution in [1.29, 1.82) is 0 Å². The molecule has 0 aliphatic carbocycles. The van der Waals surface area contributed by atoms with Crippen LogP contribution in [-0.4, -0.2) is 23.0 Å². The van der Waals surface area contributed by atoms with Crippen molar-refractivity contribution in [3.8, 4) is 0 Å². The fraction of sp³-hybridized carbons (Fsp3) is 0.200. The van der Waals surface area contributed by atoms with Crippen LogP contribution >= 0.6 is 27.3 Å². The van der Waals surface area contributed by atoms with Crippen LogP contribution in [0.5, 0.6) is 0 Å². The Kier molecular flexibility index (Phi) is 5.14. The maximum atomic E-state index is 12.1. The van der Waals surface area contributed by atoms with Gasteiger partial charge in [0.15, 0.2) is 0 Å². The molecular formula is C15H14BrNO3S. The van der Waals surface area contributed by atoms with Crippen LogP contribution in [0.4, 0.5) is 0 Å². The zero-order valence-electron chi connectivity index (χ0n) is 11.3. The van der Waals surface area contributed by atoms with Gasteiger partial charge < -0.3 is 10.4 Å². The third-order valence-corrected chi connectivity index (χ3v) is 5.10. The summed E-state index contributed by atoms with van der Waals surface area (Å²) in [6.45, 7) is 1.88. The first-order chi connectivity index (χ1) is 9.97. The maximum Gasteiger partial charge on any atom is 0.326 e. The van der Waals surface area contributed by atoms with E-state index >= 15 is 0 Å². The zero-order valence-corrected chi connectivity index (χ0v) is 13.7. The van der Waals surface area contributed by atoms with Gasteiger partial charge in [-0.2, -0.15) is 0 Å². The monoisotopic (exact) mass is 367 g/mol. The quantitative estimate of drug-likeness (QED) is 0.852. The molecule has 4 nitrogen and oxygen atoms in total. The number of aryl methyl sites for hydroxylation is 1. The maximum absolute atomic E-state index is 12.1. The van der Waals surface area contributed by atoms with Gasteiger partial charge in [-0.25, -0.2) is 4.79 Å². The number of hydrogen-bond donors (Lipinski definition) is 2. The molecule has 1 heterocycles. The topological polar surface area (TPSA) is 66.4 Å². The predicted molar refractivity (Wildman–Crippen MR) is 85.8 cm³/mol. The first-order valence-corrected chi connectivity index (χ1v) is 7.92. The third-order valence-electron chi connectivity index (χ3n) is 2.97. The van der Waals surface area contributed by atoms with Gasteiger partial charge >= 0.3 is 5.97 Å². The van der Waals surface area contributed by atoms with E-state index < -0.39 is 12.0 Å². The highest BCUT2D eigenvalue weighted by atomic mass is 79.9. The van der Waals surface area contributed by atoms with Crippen molar-refractivity contribution in [2.45, 2.75) is 19.4 Å². The van der Waals surface area contributed by atoms with Crippen molar-refractivity contribution < 1.29 is 14.7 Å². The summed E-state index contributed by atoms with van der Waals surface area (Å²) >= 11 is 4.65. The molecule has 0 saturated carbocycles. The van der Waals surface area contributed by atoms with E-state index in [9.17, 15) is 14.7 Å². The average molecular weight is 368 g/mol. The molecule has 1 amide bonds. The van der Waals surface area contributed by atoms with E-state index in [0.29, 0.717) is 4.88 Å². The minimum Gasteiger partial charge on any atom is -0.480 e. The van der Waals surface area contributed by atoms with Gasteiger partial charge in [0.2, 0.25) is 0 Å². The van der Waals surface area contributed by atoms with Gasteiger partial charge in [0, 0.05) is 6.42 Å². The Balaban J connectivity index is 2.09. The van der Waals surface area contributed by atoms with Crippen LogP contribution in [0.15, 0.2) is 40.2 Å². The highest BCUT2D eigenvalue weighted by Crippen LogP contribution is 2.27. The summed E-state index contributed by atoms with van der Waals surface area (Å²) in [5.41, 5.74) is 1.83. The van der Waals surface area contributed by atoms with Gasteiger partial charge in [0.1, 0.15) is 6.04 Å². The first-order valence-electron chi connectivity index (χ1n) is 6.31. The number of nitrogens with one attached hydrogen (secondary N) is 1. The molecule has 21 heavy (non-hydrogen) atoms. The Morgan fingerprint density at radius 1 is 1.33 bits per heavy atom. The van der Waals surface area contributed by atoms with E-state index in [4.69, 9.17) is 0 Å². The van der Waals surface area contributed by atoms with E-state index in [1.54, 1.807) is 6.07 Å². The number of carboxylic acids is 1. The minimum atomic E-state index is -1.04. The van der Waals surface area contributed by atoms with Crippen LogP contribution in [0.1, 0.15) is 20.8 Å². The molecule has 1 aromatic carbocycles. The Hall–Kier alpha value is -1.66. The Bertz CT molecular complexity index is 635. The lowest BCUT2D eigenvalue weighted by Crippen LogP contribution is -2.42. The SMILES string of the molecule is Cc1cc(C(=O)NC(Cc2ccccc2)C(=O)O)sc1Br. The number of hydrogen-bond acceptors (Lipinski definition) is 3. The molecule has 0 aliphatic rings. The molecule has 110 valence electrons. The number of amides is 1. The Morgan fingerprint density at radius 3 is 2.52 bits per heavy atom. The van der Waals surface area contributed by atoms with Crippen molar-refractivity contribution >= 4 is 39.1 Å². The van der Waals surface area contributed by atoms with E-state index in [2.05, 4.69) is 21.2 Å². The number of halogens is 1. The molecule has 0 saturated heterocycles. The number of thiophene rings is 1. The molecule has 2 N–H and O–H groups in total. The third kappa shape index (κ3) is 4.15. The molecule has 0 bridgehead atoms. The molecule has 0 spiro atoms. The van der Waals surface area contributed by atoms with Crippen LogP contribution in [-0.2, 0) is 11.2 Å². The fourth-order valence-corrected chi connectivity index (χ4v) is 3.29. The lowest BCUT2D eigenvalue weighted by molar-refractivity contribution is -0.139. The predicted octanol–water partition coefficient (Wildman–Crippen LogP) is 3.24. The normalized spacial score (nSPS) is 11.9. The Labute approximate surface area is 134 Å². The molecule has 0 radical (unpaired) electrons. The van der Waals surface area contributed by atoms with Crippen LogP contribution in [0.2, 0.25) is 0 Å². The number of carbonyl (C=O) groups excluding carboxylic acids is 1. The summed E-state index contributed by atoms with van der Waals surface area (Å²) in [5.74, 6) is -1.41. The van der Waals surface area contributed by atoms with Gasteiger partial charge in [-0.15, -0.1) is 11.3 Å². The molecule has 0 fully saturated rings. The summed E-state index contributed by atoms with van der Waals surface area (Å²) in [5, 5.41) is 11.8. The summed E-state index contributed by atoms with van der Waals surface area (Å²) in [6, 6.07) is 10.0. The van der Waals surface area contributed by atoms with E-state index in [0.717, 1.165) is 14.9 Å². The summed E-state index contributed by atoms with van der Waals surface area (Å²) in [7, 11) is 0. The average Bonchev–Trinajstić information content (AvgIpc) is 2.79. The summed E-state index contributed by atoms with van der Waals surface area (Å²) < 4.78 is 0.877. The molecule has 6 heteroatoms. The first kappa shape index (κ1) is 15.7. The van der Waals surface area contributed by atoms with Gasteiger partial charge in [-0.3, -0.25) is 4.79 Å². The van der Waals surface area contributed by atoms with E-state index in [1.807, 2.05) is 37.3 Å². The molecular weight excluding hydrogens is 354 g/mol. The van der Waals surface area contributed by atoms with Crippen molar-refractivity contribution in [1.82, 2.24) is 5.32 Å². The number of carbonyl (C=O) groups is 2. The number of aliphatic carboxylic acids is 1. The van der Waals surface area contributed by atoms with Crippen molar-refractivity contribution in [2.75, 3.05) is 0 Å². The van der Waals surface area contributed by atoms with Crippen molar-refractivity contribution in [3.63, 3.8) is 0 Å². The van der Waals surface area contributed by atoms with E-state index in [-0.39, 0.29) is 12.3 Å². The molecule has 1 unspecified atom stereocenters. The van der Waals surface area contributed by atoms with Gasteiger partial charge in [0.05, 0.1) is 8.66 Å². The lowest BCUT2D eigenvalue weighted by Gasteiger charge is -2.14. The second-order valence-electron chi connectivity index (χ2n) is 4.62. The second-order valence-corrected chi connectivity index (χ2v) is 6.99. The summed E-state index contributed by atoms with van der Waals surface area (Å²) in [6.07, 6.45) is 0.257. The molecule has 2 rings (SSSR count). The molecule has 1 aromatic heterocycles. The van der Waals surface area contributed by atoms with Gasteiger partial charge in [-0.05, 0) is 40.0 Å². The van der Waals surface area contributed by atoms with E-state index in [1.165, 1.54) is 11.3 Å². The van der Waals surface area contributed by atoms with Gasteiger partial charge in [0.25, 0.3) is 5.91 Å². The minimum absolute atomic E-state index is 0.257. The second kappa shape index (κ2) is 6.87. The van der Waals surface area contributed by atoms with Crippen LogP contribution in [0.3, 0.4) is 0 Å². The van der Waals surface area contributed by atoms with Crippen molar-refractivity contribution in [2.24, 2.45) is 0 Å². The van der Waals surface area contributed by atoms with Gasteiger partial charge in [-0.1, -0.05) is 30.3 Å². The highest BCUT2D eigenvalue weighted by Gasteiger charge is 2.22. The number of benzene rings is 1. The smallest absolute Gasteiger partial charge is 0.326 e. The molecule has 1 atom stereocenters. The van der Waals surface area contributed by atoms with Crippen molar-refractivity contribution in [3.05, 3.63) is 56.2 Å². The standard InChI is InChI=1S/C15H14BrNO3S/c1-9-7-12(21-13(9)16)14(18)17-11(15(19)20)8-10-5-3-2-4-6-10/h2-7,11H,8H2,1H3,(H,17,18)(H,19,20). The zero-order chi connectivity index (χ0) is 15.4. The highest BCUT2D eigenvalue weighted by molar-refractivity contribution is 9.11. The number of rotatable bonds is 5.